The van der Waals surface area contributed by atoms with Gasteiger partial charge in [-0.05, 0) is 38.3 Å². The Hall–Kier alpha value is -0.140. The third-order valence-electron chi connectivity index (χ3n) is 3.05. The zero-order chi connectivity index (χ0) is 13.3. The van der Waals surface area contributed by atoms with Gasteiger partial charge in [0.05, 0.1) is 10.4 Å². The summed E-state index contributed by atoms with van der Waals surface area (Å²) in [5.41, 5.74) is 0. The molecule has 1 aliphatic rings. The first kappa shape index (κ1) is 14.3. The number of aliphatic hydroxyl groups is 1. The van der Waals surface area contributed by atoms with Crippen LogP contribution in [0.5, 0.6) is 0 Å². The van der Waals surface area contributed by atoms with Crippen molar-refractivity contribution in [2.24, 2.45) is 0 Å². The number of nitrogens with zero attached hydrogens (tertiary/aromatic N) is 1. The van der Waals surface area contributed by atoms with Gasteiger partial charge in [-0.3, -0.25) is 0 Å². The molecule has 0 saturated carbocycles. The second-order valence-electron chi connectivity index (χ2n) is 4.56. The summed E-state index contributed by atoms with van der Waals surface area (Å²) >= 11 is 6.87. The van der Waals surface area contributed by atoms with E-state index < -0.39 is 16.1 Å². The van der Waals surface area contributed by atoms with E-state index in [0.29, 0.717) is 17.3 Å². The molecule has 2 heterocycles. The standard InChI is InChI=1S/C11H16ClNO3S2/c1-8(14)7-9-3-2-6-13(9)18(15,16)11-5-4-10(12)17-11/h4-5,8-9,14H,2-3,6-7H2,1H3. The zero-order valence-electron chi connectivity index (χ0n) is 10.0. The van der Waals surface area contributed by atoms with Gasteiger partial charge in [-0.25, -0.2) is 8.42 Å². The van der Waals surface area contributed by atoms with Gasteiger partial charge < -0.3 is 5.11 Å². The zero-order valence-corrected chi connectivity index (χ0v) is 12.4. The molecule has 0 spiro atoms. The van der Waals surface area contributed by atoms with Gasteiger partial charge in [-0.1, -0.05) is 11.6 Å². The van der Waals surface area contributed by atoms with Crippen LogP contribution in [-0.2, 0) is 10.0 Å². The lowest BCUT2D eigenvalue weighted by atomic mass is 10.1. The van der Waals surface area contributed by atoms with Crippen molar-refractivity contribution in [1.82, 2.24) is 4.31 Å². The molecule has 7 heteroatoms. The Balaban J connectivity index is 2.24. The number of halogens is 1. The number of aliphatic hydroxyl groups excluding tert-OH is 1. The summed E-state index contributed by atoms with van der Waals surface area (Å²) in [6, 6.07) is 3.04. The van der Waals surface area contributed by atoms with Crippen LogP contribution in [-0.4, -0.2) is 36.5 Å². The molecule has 0 aliphatic carbocycles. The lowest BCUT2D eigenvalue weighted by molar-refractivity contribution is 0.158. The number of thiophene rings is 1. The maximum atomic E-state index is 12.4. The summed E-state index contributed by atoms with van der Waals surface area (Å²) in [6.45, 7) is 2.21. The molecule has 0 bridgehead atoms. The Morgan fingerprint density at radius 1 is 1.61 bits per heavy atom. The van der Waals surface area contributed by atoms with E-state index in [1.54, 1.807) is 19.1 Å². The van der Waals surface area contributed by atoms with Crippen LogP contribution in [0.15, 0.2) is 16.3 Å². The number of hydrogen-bond donors (Lipinski definition) is 1. The van der Waals surface area contributed by atoms with Gasteiger partial charge in [0.1, 0.15) is 4.21 Å². The van der Waals surface area contributed by atoms with Crippen molar-refractivity contribution in [3.63, 3.8) is 0 Å². The third-order valence-corrected chi connectivity index (χ3v) is 6.70. The van der Waals surface area contributed by atoms with Gasteiger partial charge in [0.2, 0.25) is 0 Å². The minimum Gasteiger partial charge on any atom is -0.393 e. The number of sulfonamides is 1. The summed E-state index contributed by atoms with van der Waals surface area (Å²) in [7, 11) is -3.46. The van der Waals surface area contributed by atoms with Crippen LogP contribution in [0.2, 0.25) is 4.34 Å². The average Bonchev–Trinajstić information content (AvgIpc) is 2.86. The van der Waals surface area contributed by atoms with E-state index in [0.717, 1.165) is 24.2 Å². The van der Waals surface area contributed by atoms with Gasteiger partial charge in [-0.2, -0.15) is 4.31 Å². The minimum atomic E-state index is -3.46. The molecule has 2 atom stereocenters. The smallest absolute Gasteiger partial charge is 0.252 e. The fraction of sp³-hybridized carbons (Fsp3) is 0.636. The Bertz CT molecular complexity index is 512. The number of rotatable bonds is 4. The van der Waals surface area contributed by atoms with Gasteiger partial charge in [-0.15, -0.1) is 11.3 Å². The molecular formula is C11H16ClNO3S2. The highest BCUT2D eigenvalue weighted by Crippen LogP contribution is 2.33. The first-order chi connectivity index (χ1) is 8.41. The molecule has 0 amide bonds. The van der Waals surface area contributed by atoms with Gasteiger partial charge in [0.25, 0.3) is 10.0 Å². The van der Waals surface area contributed by atoms with Crippen LogP contribution >= 0.6 is 22.9 Å². The highest BCUT2D eigenvalue weighted by molar-refractivity contribution is 7.91. The van der Waals surface area contributed by atoms with E-state index in [1.807, 2.05) is 0 Å². The van der Waals surface area contributed by atoms with Gasteiger partial charge in [0.15, 0.2) is 0 Å². The molecule has 18 heavy (non-hydrogen) atoms. The highest BCUT2D eigenvalue weighted by atomic mass is 35.5. The molecule has 1 saturated heterocycles. The van der Waals surface area contributed by atoms with E-state index in [-0.39, 0.29) is 10.3 Å². The number of hydrogen-bond acceptors (Lipinski definition) is 4. The molecule has 4 nitrogen and oxygen atoms in total. The topological polar surface area (TPSA) is 57.6 Å². The molecule has 2 rings (SSSR count). The van der Waals surface area contributed by atoms with Crippen molar-refractivity contribution >= 4 is 33.0 Å². The normalized spacial score (nSPS) is 23.4. The fourth-order valence-corrected chi connectivity index (χ4v) is 5.62. The lowest BCUT2D eigenvalue weighted by Gasteiger charge is -2.24. The molecule has 1 aromatic heterocycles. The fourth-order valence-electron chi connectivity index (χ4n) is 2.31. The van der Waals surface area contributed by atoms with Crippen molar-refractivity contribution in [1.29, 1.82) is 0 Å². The molecule has 0 radical (unpaired) electrons. The van der Waals surface area contributed by atoms with E-state index in [1.165, 1.54) is 4.31 Å². The van der Waals surface area contributed by atoms with E-state index >= 15 is 0 Å². The van der Waals surface area contributed by atoms with Crippen LogP contribution in [0.25, 0.3) is 0 Å². The minimum absolute atomic E-state index is 0.101. The van der Waals surface area contributed by atoms with Crippen LogP contribution in [0.1, 0.15) is 26.2 Å². The molecule has 1 aliphatic heterocycles. The van der Waals surface area contributed by atoms with E-state index in [4.69, 9.17) is 11.6 Å². The van der Waals surface area contributed by atoms with Gasteiger partial charge in [0, 0.05) is 12.6 Å². The predicted octanol–water partition coefficient (Wildman–Crippen LogP) is 2.33. The van der Waals surface area contributed by atoms with Crippen molar-refractivity contribution in [3.8, 4) is 0 Å². The van der Waals surface area contributed by atoms with Crippen LogP contribution < -0.4 is 0 Å². The molecule has 1 N–H and O–H groups in total. The van der Waals surface area contributed by atoms with Crippen LogP contribution in [0.3, 0.4) is 0 Å². The Kier molecular flexibility index (Phi) is 4.33. The van der Waals surface area contributed by atoms with Crippen molar-refractivity contribution in [2.45, 2.75) is 42.5 Å². The molecule has 1 aromatic rings. The summed E-state index contributed by atoms with van der Waals surface area (Å²) in [6.07, 6.45) is 1.65. The first-order valence-electron chi connectivity index (χ1n) is 5.86. The summed E-state index contributed by atoms with van der Waals surface area (Å²) in [5.74, 6) is 0. The summed E-state index contributed by atoms with van der Waals surface area (Å²) < 4.78 is 27.1. The van der Waals surface area contributed by atoms with Crippen LogP contribution in [0.4, 0.5) is 0 Å². The molecular weight excluding hydrogens is 294 g/mol. The van der Waals surface area contributed by atoms with Crippen molar-refractivity contribution in [3.05, 3.63) is 16.5 Å². The lowest BCUT2D eigenvalue weighted by Crippen LogP contribution is -2.36. The maximum Gasteiger partial charge on any atom is 0.252 e. The summed E-state index contributed by atoms with van der Waals surface area (Å²) in [5, 5.41) is 9.43. The van der Waals surface area contributed by atoms with E-state index in [9.17, 15) is 13.5 Å². The monoisotopic (exact) mass is 309 g/mol. The Morgan fingerprint density at radius 2 is 2.33 bits per heavy atom. The summed E-state index contributed by atoms with van der Waals surface area (Å²) in [4.78, 5) is 0. The molecule has 0 aromatic carbocycles. The SMILES string of the molecule is CC(O)CC1CCCN1S(=O)(=O)c1ccc(Cl)s1. The second kappa shape index (κ2) is 5.46. The largest absolute Gasteiger partial charge is 0.393 e. The maximum absolute atomic E-state index is 12.4. The second-order valence-corrected chi connectivity index (χ2v) is 8.39. The molecule has 1 fully saturated rings. The van der Waals surface area contributed by atoms with Crippen LogP contribution in [0, 0.1) is 0 Å². The van der Waals surface area contributed by atoms with E-state index in [2.05, 4.69) is 0 Å². The third kappa shape index (κ3) is 2.88. The molecule has 2 unspecified atom stereocenters. The Morgan fingerprint density at radius 3 is 2.89 bits per heavy atom. The molecule has 102 valence electrons. The highest BCUT2D eigenvalue weighted by Gasteiger charge is 2.36. The van der Waals surface area contributed by atoms with Gasteiger partial charge >= 0.3 is 0 Å². The predicted molar refractivity (Wildman–Crippen MR) is 72.5 cm³/mol. The quantitative estimate of drug-likeness (QED) is 0.928. The van der Waals surface area contributed by atoms with Crippen molar-refractivity contribution < 1.29 is 13.5 Å². The first-order valence-corrected chi connectivity index (χ1v) is 8.50. The average molecular weight is 310 g/mol. The Labute approximate surface area is 116 Å². The van der Waals surface area contributed by atoms with Crippen molar-refractivity contribution in [2.75, 3.05) is 6.54 Å².